The number of rotatable bonds is 81. The summed E-state index contributed by atoms with van der Waals surface area (Å²) in [7, 11) is 5.96. The van der Waals surface area contributed by atoms with Crippen LogP contribution in [-0.4, -0.2) is 82.3 Å². The van der Waals surface area contributed by atoms with Crippen LogP contribution in [0.1, 0.15) is 438 Å². The van der Waals surface area contributed by atoms with Crippen LogP contribution >= 0.6 is 0 Å². The van der Waals surface area contributed by atoms with Gasteiger partial charge in [-0.2, -0.15) is 0 Å². The molecule has 9 heteroatoms. The minimum Gasteiger partial charge on any atom is -0.545 e. The fourth-order valence-corrected chi connectivity index (χ4v) is 13.1. The number of carboxylic acid groups (broad SMARTS) is 1. The first kappa shape index (κ1) is 94.2. The molecule has 0 amide bonds. The minimum absolute atomic E-state index is 0.152. The fraction of sp³-hybridized carbons (Fsp3) is 0.875. The second-order valence-electron chi connectivity index (χ2n) is 30.5. The minimum atomic E-state index is -1.62. The molecule has 2 atom stereocenters. The first-order valence-corrected chi connectivity index (χ1v) is 42.8. The second-order valence-corrected chi connectivity index (χ2v) is 30.5. The van der Waals surface area contributed by atoms with Crippen molar-refractivity contribution in [3.63, 3.8) is 0 Å². The Kier molecular flexibility index (Phi) is 76.7. The number of esters is 2. The lowest BCUT2D eigenvalue weighted by atomic mass is 10.0. The molecule has 0 fully saturated rings. The Balaban J connectivity index is 3.91. The number of likely N-dealkylation sites (N-methyl/N-ethyl adjacent to an activating group) is 1. The molecule has 0 aliphatic rings. The van der Waals surface area contributed by atoms with Crippen LogP contribution < -0.4 is 5.11 Å². The van der Waals surface area contributed by atoms with E-state index in [1.807, 2.05) is 21.1 Å². The normalized spacial score (nSPS) is 12.8. The highest BCUT2D eigenvalue weighted by molar-refractivity contribution is 5.70. The molecule has 0 aromatic heterocycles. The molecule has 0 aromatic rings. The number of nitrogens with zero attached hydrogens (tertiary/aromatic N) is 1. The van der Waals surface area contributed by atoms with Crippen molar-refractivity contribution < 1.29 is 42.9 Å². The Labute approximate surface area is 603 Å². The van der Waals surface area contributed by atoms with Crippen LogP contribution in [0, 0.1) is 0 Å². The summed E-state index contributed by atoms with van der Waals surface area (Å²) < 4.78 is 22.9. The third-order valence-electron chi connectivity index (χ3n) is 19.6. The predicted octanol–water partition coefficient (Wildman–Crippen LogP) is 26.3. The van der Waals surface area contributed by atoms with Gasteiger partial charge in [-0.25, -0.2) is 0 Å². The standard InChI is InChI=1S/C88H165NO8/c1-6-8-10-12-14-16-18-20-22-24-26-28-30-32-34-36-38-39-40-41-42-43-44-45-46-47-49-51-53-55-57-59-61-63-65-67-69-71-73-75-77-79-86(91)97-84(83-96-88(87(92)93)94-81-80-89(3,4)5)82-95-85(90)78-76-74-72-70-68-66-64-62-60-58-56-54-52-50-48-37-35-33-31-29-27-25-23-21-19-17-15-13-11-9-7-2/h8,10,14,16,20,22,26,28,84,88H,6-7,9,11-13,15,17-19,21,23-25,27,29-83H2,1-5H3/b10-8-,16-14-,22-20-,28-26-. The number of carbonyl (C=O) groups is 3. The smallest absolute Gasteiger partial charge is 0.306 e. The topological polar surface area (TPSA) is 111 Å². The van der Waals surface area contributed by atoms with E-state index in [0.29, 0.717) is 17.4 Å². The summed E-state index contributed by atoms with van der Waals surface area (Å²) in [6.07, 6.45) is 101. The van der Waals surface area contributed by atoms with Crippen molar-refractivity contribution in [2.24, 2.45) is 0 Å². The number of quaternary nitrogens is 1. The molecule has 0 aromatic carbocycles. The second kappa shape index (κ2) is 79.0. The molecule has 0 heterocycles. The maximum absolute atomic E-state index is 13.0. The van der Waals surface area contributed by atoms with Crippen LogP contribution in [0.5, 0.6) is 0 Å². The predicted molar refractivity (Wildman–Crippen MR) is 417 cm³/mol. The summed E-state index contributed by atoms with van der Waals surface area (Å²) in [6, 6.07) is 0. The third kappa shape index (κ3) is 80.4. The number of hydrogen-bond acceptors (Lipinski definition) is 8. The molecular weight excluding hydrogens is 1200 g/mol. The summed E-state index contributed by atoms with van der Waals surface area (Å²) in [4.78, 5) is 37.6. The summed E-state index contributed by atoms with van der Waals surface area (Å²) in [5, 5.41) is 11.9. The highest BCUT2D eigenvalue weighted by Gasteiger charge is 2.22. The van der Waals surface area contributed by atoms with Crippen molar-refractivity contribution in [1.29, 1.82) is 0 Å². The van der Waals surface area contributed by atoms with Crippen LogP contribution in [0.3, 0.4) is 0 Å². The quantitative estimate of drug-likeness (QED) is 0.0195. The number of aliphatic carboxylic acids is 1. The summed E-state index contributed by atoms with van der Waals surface area (Å²) >= 11 is 0. The molecule has 0 aliphatic heterocycles. The number of carboxylic acids is 1. The zero-order chi connectivity index (χ0) is 70.4. The Morgan fingerprint density at radius 2 is 0.588 bits per heavy atom. The first-order chi connectivity index (χ1) is 47.6. The van der Waals surface area contributed by atoms with Crippen molar-refractivity contribution in [1.82, 2.24) is 0 Å². The van der Waals surface area contributed by atoms with Crippen molar-refractivity contribution in [2.75, 3.05) is 47.5 Å². The van der Waals surface area contributed by atoms with Crippen molar-refractivity contribution in [3.05, 3.63) is 48.6 Å². The van der Waals surface area contributed by atoms with E-state index in [4.69, 9.17) is 18.9 Å². The number of ether oxygens (including phenoxy) is 4. The van der Waals surface area contributed by atoms with Crippen molar-refractivity contribution >= 4 is 17.9 Å². The van der Waals surface area contributed by atoms with Gasteiger partial charge in [-0.05, 0) is 51.4 Å². The number of carbonyl (C=O) groups excluding carboxylic acids is 3. The molecule has 9 nitrogen and oxygen atoms in total. The van der Waals surface area contributed by atoms with Crippen LogP contribution in [-0.2, 0) is 33.3 Å². The zero-order valence-corrected chi connectivity index (χ0v) is 65.5. The Hall–Kier alpha value is -2.75. The number of allylic oxidation sites excluding steroid dienone is 8. The molecule has 2 unspecified atom stereocenters. The van der Waals surface area contributed by atoms with Gasteiger partial charge in [0.2, 0.25) is 0 Å². The van der Waals surface area contributed by atoms with Crippen LogP contribution in [0.25, 0.3) is 0 Å². The van der Waals surface area contributed by atoms with E-state index in [-0.39, 0.29) is 32.2 Å². The van der Waals surface area contributed by atoms with Gasteiger partial charge in [0.25, 0.3) is 0 Å². The summed E-state index contributed by atoms with van der Waals surface area (Å²) in [6.45, 7) is 4.73. The van der Waals surface area contributed by atoms with Gasteiger partial charge in [0.05, 0.1) is 40.3 Å². The summed E-state index contributed by atoms with van der Waals surface area (Å²) in [5.41, 5.74) is 0. The van der Waals surface area contributed by atoms with E-state index < -0.39 is 24.3 Å². The fourth-order valence-electron chi connectivity index (χ4n) is 13.1. The molecule has 0 saturated carbocycles. The van der Waals surface area contributed by atoms with Crippen LogP contribution in [0.15, 0.2) is 48.6 Å². The van der Waals surface area contributed by atoms with E-state index in [2.05, 4.69) is 62.5 Å². The van der Waals surface area contributed by atoms with E-state index in [0.717, 1.165) is 64.2 Å². The van der Waals surface area contributed by atoms with Gasteiger partial charge in [0.1, 0.15) is 13.2 Å². The van der Waals surface area contributed by atoms with Gasteiger partial charge >= 0.3 is 11.9 Å². The molecule has 0 aliphatic carbocycles. The van der Waals surface area contributed by atoms with Crippen LogP contribution in [0.4, 0.5) is 0 Å². The molecular formula is C88H165NO8. The lowest BCUT2D eigenvalue weighted by Gasteiger charge is -2.26. The van der Waals surface area contributed by atoms with E-state index >= 15 is 0 Å². The molecule has 0 rings (SSSR count). The average molecular weight is 1370 g/mol. The molecule has 0 saturated heterocycles. The average Bonchev–Trinajstić information content (AvgIpc) is 3.27. The van der Waals surface area contributed by atoms with E-state index in [1.54, 1.807) is 0 Å². The van der Waals surface area contributed by atoms with Gasteiger partial charge in [-0.15, -0.1) is 0 Å². The maximum Gasteiger partial charge on any atom is 0.306 e. The van der Waals surface area contributed by atoms with Gasteiger partial charge in [0, 0.05) is 12.8 Å². The SMILES string of the molecule is CC/C=C\C/C=C\C/C=C\C/C=C\CCCCCCCCCCCCCCCCCCCCCCCCCCCCCCC(=O)OC(COC(=O)CCCCCCCCCCCCCCCCCCCCCCCCCCCCCCCCC)COC(OCC[N+](C)(C)C)C(=O)[O-]. The lowest BCUT2D eigenvalue weighted by molar-refractivity contribution is -0.870. The Morgan fingerprint density at radius 3 is 0.876 bits per heavy atom. The van der Waals surface area contributed by atoms with E-state index in [9.17, 15) is 19.5 Å². The molecule has 0 radical (unpaired) electrons. The third-order valence-corrected chi connectivity index (χ3v) is 19.6. The highest BCUT2D eigenvalue weighted by atomic mass is 16.7. The zero-order valence-electron chi connectivity index (χ0n) is 65.5. The number of hydrogen-bond donors (Lipinski definition) is 0. The van der Waals surface area contributed by atoms with Crippen LogP contribution in [0.2, 0.25) is 0 Å². The lowest BCUT2D eigenvalue weighted by Crippen LogP contribution is -2.44. The Bertz CT molecular complexity index is 1730. The van der Waals surface area contributed by atoms with E-state index in [1.165, 1.54) is 347 Å². The molecule has 0 N–H and O–H groups in total. The molecule has 0 bridgehead atoms. The molecule has 97 heavy (non-hydrogen) atoms. The van der Waals surface area contributed by atoms with Gasteiger partial charge in [-0.1, -0.05) is 422 Å². The maximum atomic E-state index is 13.0. The largest absolute Gasteiger partial charge is 0.545 e. The highest BCUT2D eigenvalue weighted by Crippen LogP contribution is 2.21. The molecule has 570 valence electrons. The number of unbranched alkanes of at least 4 members (excludes halogenated alkanes) is 58. The van der Waals surface area contributed by atoms with Gasteiger partial charge < -0.3 is 33.3 Å². The summed E-state index contributed by atoms with van der Waals surface area (Å²) in [5.74, 6) is -2.24. The first-order valence-electron chi connectivity index (χ1n) is 42.8. The van der Waals surface area contributed by atoms with Crippen molar-refractivity contribution in [3.8, 4) is 0 Å². The van der Waals surface area contributed by atoms with Gasteiger partial charge in [-0.3, -0.25) is 9.59 Å². The Morgan fingerprint density at radius 1 is 0.320 bits per heavy atom. The molecule has 0 spiro atoms. The monoisotopic (exact) mass is 1360 g/mol. The van der Waals surface area contributed by atoms with Crippen molar-refractivity contribution in [2.45, 2.75) is 450 Å². The van der Waals surface area contributed by atoms with Gasteiger partial charge in [0.15, 0.2) is 12.4 Å².